The fraction of sp³-hybridized carbons (Fsp3) is 0.375. The van der Waals surface area contributed by atoms with Crippen molar-refractivity contribution in [1.82, 2.24) is 4.90 Å². The number of aliphatic imine (C=N–C) groups is 1. The third-order valence-electron chi connectivity index (χ3n) is 4.20. The number of likely N-dealkylation sites (tertiary alicyclic amines) is 1. The summed E-state index contributed by atoms with van der Waals surface area (Å²) in [6.07, 6.45) is 3.34. The van der Waals surface area contributed by atoms with Crippen molar-refractivity contribution in [3.05, 3.63) is 35.2 Å². The topological polar surface area (TPSA) is 41.9 Å². The van der Waals surface area contributed by atoms with Crippen LogP contribution in [0.2, 0.25) is 0 Å². The number of fused-ring (bicyclic) bond motifs is 1. The Morgan fingerprint density at radius 3 is 2.95 bits per heavy atom. The van der Waals surface area contributed by atoms with Gasteiger partial charge in [0.1, 0.15) is 0 Å². The van der Waals surface area contributed by atoms with Crippen molar-refractivity contribution >= 4 is 33.7 Å². The second-order valence-corrected chi connectivity index (χ2v) is 6.39. The standard InChI is InChI=1S/C16H16N2O2S/c19-16(18-7-3-4-8-18)14-15(20-10-17-14)12-9-21-13-6-2-1-5-11(12)13/h1-2,5-6,9-10,14-15H,3-4,7-8H2/t14-,15+/m1/s1. The predicted molar refractivity (Wildman–Crippen MR) is 83.7 cm³/mol. The lowest BCUT2D eigenvalue weighted by molar-refractivity contribution is -0.133. The summed E-state index contributed by atoms with van der Waals surface area (Å²) in [5.74, 6) is 0.0986. The van der Waals surface area contributed by atoms with Gasteiger partial charge < -0.3 is 9.64 Å². The van der Waals surface area contributed by atoms with E-state index in [0.29, 0.717) is 0 Å². The molecule has 0 aliphatic carbocycles. The van der Waals surface area contributed by atoms with Gasteiger partial charge in [-0.25, -0.2) is 4.99 Å². The molecule has 0 N–H and O–H groups in total. The molecule has 1 amide bonds. The van der Waals surface area contributed by atoms with Crippen molar-refractivity contribution in [2.45, 2.75) is 25.0 Å². The van der Waals surface area contributed by atoms with E-state index < -0.39 is 6.04 Å². The van der Waals surface area contributed by atoms with Crippen LogP contribution in [0.3, 0.4) is 0 Å². The van der Waals surface area contributed by atoms with Gasteiger partial charge >= 0.3 is 0 Å². The number of ether oxygens (including phenoxy) is 1. The Morgan fingerprint density at radius 1 is 1.29 bits per heavy atom. The molecule has 1 fully saturated rings. The van der Waals surface area contributed by atoms with Gasteiger partial charge in [-0.2, -0.15) is 0 Å². The molecule has 2 atom stereocenters. The second kappa shape index (κ2) is 5.15. The van der Waals surface area contributed by atoms with Crippen LogP contribution in [0.1, 0.15) is 24.5 Å². The molecule has 2 aliphatic rings. The highest BCUT2D eigenvalue weighted by Gasteiger charge is 2.38. The Hall–Kier alpha value is -1.88. The molecule has 1 saturated heterocycles. The molecule has 21 heavy (non-hydrogen) atoms. The van der Waals surface area contributed by atoms with Gasteiger partial charge in [0.2, 0.25) is 0 Å². The van der Waals surface area contributed by atoms with Gasteiger partial charge in [-0.15, -0.1) is 11.3 Å². The number of rotatable bonds is 2. The maximum atomic E-state index is 12.6. The van der Waals surface area contributed by atoms with Crippen LogP contribution in [0, 0.1) is 0 Å². The molecular weight excluding hydrogens is 284 g/mol. The van der Waals surface area contributed by atoms with Crippen molar-refractivity contribution in [3.63, 3.8) is 0 Å². The average Bonchev–Trinajstić information content (AvgIpc) is 3.25. The van der Waals surface area contributed by atoms with E-state index in [-0.39, 0.29) is 12.0 Å². The van der Waals surface area contributed by atoms with Crippen molar-refractivity contribution in [2.24, 2.45) is 4.99 Å². The Morgan fingerprint density at radius 2 is 2.10 bits per heavy atom. The van der Waals surface area contributed by atoms with Gasteiger partial charge in [0.05, 0.1) is 0 Å². The minimum atomic E-state index is -0.430. The Labute approximate surface area is 127 Å². The number of hydrogen-bond acceptors (Lipinski definition) is 4. The van der Waals surface area contributed by atoms with Crippen LogP contribution < -0.4 is 0 Å². The summed E-state index contributed by atoms with van der Waals surface area (Å²) in [6, 6.07) is 7.80. The number of hydrogen-bond donors (Lipinski definition) is 0. The van der Waals surface area contributed by atoms with E-state index in [1.165, 1.54) is 11.1 Å². The fourth-order valence-corrected chi connectivity index (χ4v) is 4.08. The van der Waals surface area contributed by atoms with Crippen LogP contribution >= 0.6 is 11.3 Å². The molecule has 1 aromatic heterocycles. The minimum Gasteiger partial charge on any atom is -0.473 e. The first-order valence-corrected chi connectivity index (χ1v) is 8.14. The van der Waals surface area contributed by atoms with E-state index in [0.717, 1.165) is 36.9 Å². The molecular formula is C16H16N2O2S. The number of carbonyl (C=O) groups excluding carboxylic acids is 1. The largest absolute Gasteiger partial charge is 0.473 e. The zero-order chi connectivity index (χ0) is 14.2. The number of amides is 1. The fourth-order valence-electron chi connectivity index (χ4n) is 3.10. The lowest BCUT2D eigenvalue weighted by Crippen LogP contribution is -2.38. The molecule has 2 aromatic rings. The molecule has 0 radical (unpaired) electrons. The van der Waals surface area contributed by atoms with Crippen LogP contribution in [0.15, 0.2) is 34.6 Å². The highest BCUT2D eigenvalue weighted by atomic mass is 32.1. The molecule has 0 spiro atoms. The molecule has 2 aliphatic heterocycles. The molecule has 4 rings (SSSR count). The molecule has 0 saturated carbocycles. The van der Waals surface area contributed by atoms with Crippen LogP contribution in [0.4, 0.5) is 0 Å². The highest BCUT2D eigenvalue weighted by Crippen LogP contribution is 2.36. The van der Waals surface area contributed by atoms with Gasteiger partial charge in [-0.05, 0) is 29.7 Å². The monoisotopic (exact) mass is 300 g/mol. The molecule has 3 heterocycles. The number of nitrogens with zero attached hydrogens (tertiary/aromatic N) is 2. The zero-order valence-corrected chi connectivity index (χ0v) is 12.4. The van der Waals surface area contributed by atoms with Crippen LogP contribution in [0.25, 0.3) is 10.1 Å². The maximum absolute atomic E-state index is 12.6. The minimum absolute atomic E-state index is 0.0986. The normalized spacial score (nSPS) is 24.7. The van der Waals surface area contributed by atoms with E-state index in [2.05, 4.69) is 22.5 Å². The van der Waals surface area contributed by atoms with Crippen molar-refractivity contribution in [2.75, 3.05) is 13.1 Å². The van der Waals surface area contributed by atoms with E-state index >= 15 is 0 Å². The van der Waals surface area contributed by atoms with Gasteiger partial charge in [-0.1, -0.05) is 18.2 Å². The average molecular weight is 300 g/mol. The molecule has 4 nitrogen and oxygen atoms in total. The molecule has 0 unspecified atom stereocenters. The third-order valence-corrected chi connectivity index (χ3v) is 5.19. The smallest absolute Gasteiger partial charge is 0.251 e. The lowest BCUT2D eigenvalue weighted by Gasteiger charge is -2.22. The van der Waals surface area contributed by atoms with Gasteiger partial charge in [0.15, 0.2) is 18.5 Å². The summed E-state index contributed by atoms with van der Waals surface area (Å²) < 4.78 is 6.88. The Kier molecular flexibility index (Phi) is 3.15. The Balaban J connectivity index is 1.66. The van der Waals surface area contributed by atoms with Crippen LogP contribution in [0.5, 0.6) is 0 Å². The van der Waals surface area contributed by atoms with E-state index in [9.17, 15) is 4.79 Å². The number of thiophene rings is 1. The quantitative estimate of drug-likeness (QED) is 0.855. The zero-order valence-electron chi connectivity index (χ0n) is 11.6. The first-order valence-electron chi connectivity index (χ1n) is 7.26. The van der Waals surface area contributed by atoms with Crippen LogP contribution in [-0.4, -0.2) is 36.3 Å². The Bertz CT molecular complexity index is 703. The van der Waals surface area contributed by atoms with Crippen LogP contribution in [-0.2, 0) is 9.53 Å². The first-order chi connectivity index (χ1) is 10.3. The first kappa shape index (κ1) is 12.8. The third kappa shape index (κ3) is 2.12. The predicted octanol–water partition coefficient (Wildman–Crippen LogP) is 2.99. The molecule has 0 bridgehead atoms. The lowest BCUT2D eigenvalue weighted by atomic mass is 10.0. The van der Waals surface area contributed by atoms with Gasteiger partial charge in [0, 0.05) is 23.4 Å². The molecule has 108 valence electrons. The summed E-state index contributed by atoms with van der Waals surface area (Å²) in [4.78, 5) is 18.8. The molecule has 5 heteroatoms. The van der Waals surface area contributed by atoms with Crippen molar-refractivity contribution in [1.29, 1.82) is 0 Å². The van der Waals surface area contributed by atoms with Gasteiger partial charge in [0.25, 0.3) is 5.91 Å². The summed E-state index contributed by atoms with van der Waals surface area (Å²) in [6.45, 7) is 1.70. The number of benzene rings is 1. The van der Waals surface area contributed by atoms with Gasteiger partial charge in [-0.3, -0.25) is 4.79 Å². The van der Waals surface area contributed by atoms with E-state index in [4.69, 9.17) is 4.74 Å². The SMILES string of the molecule is O=C([C@@H]1N=CO[C@H]1c1csc2ccccc12)N1CCCC1. The summed E-state index contributed by atoms with van der Waals surface area (Å²) >= 11 is 1.69. The molecule has 1 aromatic carbocycles. The maximum Gasteiger partial charge on any atom is 0.251 e. The second-order valence-electron chi connectivity index (χ2n) is 5.48. The van der Waals surface area contributed by atoms with Crippen molar-refractivity contribution in [3.8, 4) is 0 Å². The summed E-state index contributed by atoms with van der Waals surface area (Å²) in [5, 5.41) is 3.26. The summed E-state index contributed by atoms with van der Waals surface area (Å²) in [7, 11) is 0. The summed E-state index contributed by atoms with van der Waals surface area (Å²) in [5.41, 5.74) is 1.07. The number of carbonyl (C=O) groups is 1. The highest BCUT2D eigenvalue weighted by molar-refractivity contribution is 7.17. The van der Waals surface area contributed by atoms with E-state index in [1.54, 1.807) is 11.3 Å². The van der Waals surface area contributed by atoms with Crippen molar-refractivity contribution < 1.29 is 9.53 Å². The van der Waals surface area contributed by atoms with E-state index in [1.807, 2.05) is 17.0 Å².